The number of hydrogen-bond acceptors (Lipinski definition) is 2. The van der Waals surface area contributed by atoms with E-state index in [2.05, 4.69) is 30.3 Å². The zero-order chi connectivity index (χ0) is 13.2. The Bertz CT molecular complexity index is 435. The van der Waals surface area contributed by atoms with Crippen LogP contribution in [0.5, 0.6) is 0 Å². The van der Waals surface area contributed by atoms with E-state index in [1.165, 1.54) is 31.4 Å². The molecule has 0 saturated heterocycles. The Labute approximate surface area is 115 Å². The van der Waals surface area contributed by atoms with Crippen LogP contribution in [-0.4, -0.2) is 22.3 Å². The number of nitrogens with zero attached hydrogens (tertiary/aromatic N) is 1. The zero-order valence-corrected chi connectivity index (χ0v) is 12.5. The molecule has 0 atom stereocenters. The summed E-state index contributed by atoms with van der Waals surface area (Å²) in [5.41, 5.74) is 1.36. The van der Waals surface area contributed by atoms with Crippen molar-refractivity contribution in [2.75, 3.05) is 6.61 Å². The summed E-state index contributed by atoms with van der Waals surface area (Å²) in [4.78, 5) is 3.14. The minimum Gasteiger partial charge on any atom is -0.376 e. The number of H-pyrrole nitrogens is 1. The first-order valence-corrected chi connectivity index (χ1v) is 7.29. The van der Waals surface area contributed by atoms with Crippen molar-refractivity contribution in [1.82, 2.24) is 9.55 Å². The van der Waals surface area contributed by atoms with Crippen LogP contribution < -0.4 is 0 Å². The van der Waals surface area contributed by atoms with Crippen molar-refractivity contribution in [1.29, 1.82) is 0 Å². The lowest BCUT2D eigenvalue weighted by molar-refractivity contribution is 0.0522. The highest BCUT2D eigenvalue weighted by Crippen LogP contribution is 2.23. The highest BCUT2D eigenvalue weighted by molar-refractivity contribution is 7.71. The van der Waals surface area contributed by atoms with Crippen molar-refractivity contribution in [3.05, 3.63) is 16.7 Å². The number of aromatic nitrogens is 2. The number of rotatable bonds is 4. The molecule has 1 aliphatic rings. The molecular formula is C14H24N2OS. The fraction of sp³-hybridized carbons (Fsp3) is 0.786. The summed E-state index contributed by atoms with van der Waals surface area (Å²) in [7, 11) is 0. The Morgan fingerprint density at radius 1 is 1.39 bits per heavy atom. The third-order valence-corrected chi connectivity index (χ3v) is 3.95. The summed E-state index contributed by atoms with van der Waals surface area (Å²) in [6, 6.07) is 0. The summed E-state index contributed by atoms with van der Waals surface area (Å²) in [6.07, 6.45) is 7.60. The van der Waals surface area contributed by atoms with E-state index in [4.69, 9.17) is 17.0 Å². The molecule has 1 aromatic rings. The van der Waals surface area contributed by atoms with E-state index >= 15 is 0 Å². The van der Waals surface area contributed by atoms with Gasteiger partial charge in [0.05, 0.1) is 12.7 Å². The van der Waals surface area contributed by atoms with Gasteiger partial charge in [0.25, 0.3) is 0 Å². The van der Waals surface area contributed by atoms with E-state index in [1.54, 1.807) is 0 Å². The topological polar surface area (TPSA) is 29.9 Å². The number of nitrogens with one attached hydrogen (secondary N) is 1. The number of imidazole rings is 1. The molecule has 0 aromatic carbocycles. The number of aromatic amines is 1. The first kappa shape index (κ1) is 13.8. The summed E-state index contributed by atoms with van der Waals surface area (Å²) in [5.74, 6) is 0. The van der Waals surface area contributed by atoms with Crippen LogP contribution >= 0.6 is 12.2 Å². The molecule has 1 heterocycles. The lowest BCUT2D eigenvalue weighted by Gasteiger charge is -2.21. The van der Waals surface area contributed by atoms with Gasteiger partial charge in [-0.1, -0.05) is 33.6 Å². The third kappa shape index (κ3) is 3.23. The van der Waals surface area contributed by atoms with Crippen molar-refractivity contribution >= 4 is 12.2 Å². The molecule has 0 radical (unpaired) electrons. The second-order valence-corrected chi connectivity index (χ2v) is 6.54. The van der Waals surface area contributed by atoms with E-state index < -0.39 is 0 Å². The Morgan fingerprint density at radius 3 is 2.67 bits per heavy atom. The second kappa shape index (κ2) is 5.57. The van der Waals surface area contributed by atoms with E-state index in [9.17, 15) is 0 Å². The second-order valence-electron chi connectivity index (χ2n) is 6.16. The van der Waals surface area contributed by atoms with Crippen LogP contribution in [0.25, 0.3) is 0 Å². The van der Waals surface area contributed by atoms with Gasteiger partial charge in [-0.05, 0) is 25.1 Å². The molecule has 1 N–H and O–H groups in total. The molecule has 18 heavy (non-hydrogen) atoms. The maximum atomic E-state index is 5.92. The molecule has 0 spiro atoms. The molecule has 102 valence electrons. The maximum absolute atomic E-state index is 5.92. The Morgan fingerprint density at radius 2 is 2.06 bits per heavy atom. The molecular weight excluding hydrogens is 244 g/mol. The molecule has 1 saturated carbocycles. The first-order chi connectivity index (χ1) is 8.48. The number of hydrogen-bond donors (Lipinski definition) is 1. The predicted octanol–water partition coefficient (Wildman–Crippen LogP) is 3.80. The summed E-state index contributed by atoms with van der Waals surface area (Å²) < 4.78 is 8.89. The van der Waals surface area contributed by atoms with Gasteiger partial charge in [-0.2, -0.15) is 0 Å². The Hall–Kier alpha value is -0.610. The van der Waals surface area contributed by atoms with Crippen LogP contribution in [-0.2, 0) is 16.7 Å². The average Bonchev–Trinajstić information content (AvgIpc) is 2.88. The van der Waals surface area contributed by atoms with Crippen LogP contribution in [0.3, 0.4) is 0 Å². The fourth-order valence-corrected chi connectivity index (χ4v) is 2.85. The minimum absolute atomic E-state index is 0.112. The van der Waals surface area contributed by atoms with E-state index in [1.807, 2.05) is 6.20 Å². The van der Waals surface area contributed by atoms with Gasteiger partial charge in [-0.25, -0.2) is 0 Å². The van der Waals surface area contributed by atoms with Crippen LogP contribution in [0.15, 0.2) is 6.20 Å². The normalized spacial score (nSPS) is 17.5. The largest absolute Gasteiger partial charge is 0.376 e. The van der Waals surface area contributed by atoms with Crippen LogP contribution in [0, 0.1) is 4.77 Å². The summed E-state index contributed by atoms with van der Waals surface area (Å²) in [5, 5.41) is 0. The van der Waals surface area contributed by atoms with Crippen molar-refractivity contribution < 1.29 is 4.74 Å². The van der Waals surface area contributed by atoms with Crippen LogP contribution in [0.2, 0.25) is 0 Å². The van der Waals surface area contributed by atoms with Gasteiger partial charge in [0.1, 0.15) is 0 Å². The molecule has 4 heteroatoms. The molecule has 0 unspecified atom stereocenters. The third-order valence-electron chi connectivity index (χ3n) is 3.61. The van der Waals surface area contributed by atoms with Crippen molar-refractivity contribution in [2.24, 2.45) is 0 Å². The van der Waals surface area contributed by atoms with Gasteiger partial charge in [-0.15, -0.1) is 0 Å². The lowest BCUT2D eigenvalue weighted by atomic mass is 9.93. The van der Waals surface area contributed by atoms with Gasteiger partial charge in [0.2, 0.25) is 0 Å². The summed E-state index contributed by atoms with van der Waals surface area (Å²) >= 11 is 5.34. The number of ether oxygens (including phenoxy) is 1. The molecule has 0 amide bonds. The molecule has 1 aliphatic carbocycles. The molecule has 0 bridgehead atoms. The van der Waals surface area contributed by atoms with Crippen LogP contribution in [0.4, 0.5) is 0 Å². The molecule has 0 aliphatic heterocycles. The molecule has 1 fully saturated rings. The fourth-order valence-electron chi connectivity index (χ4n) is 2.60. The standard InChI is InChI=1S/C14H24N2OS/c1-14(2,3)12-10-15-13(18)16(12)8-9-17-11-6-4-5-7-11/h10-11H,4-9H2,1-3H3,(H,15,18). The van der Waals surface area contributed by atoms with E-state index in [0.717, 1.165) is 17.9 Å². The molecule has 3 nitrogen and oxygen atoms in total. The smallest absolute Gasteiger partial charge is 0.177 e. The first-order valence-electron chi connectivity index (χ1n) is 6.89. The Kier molecular flexibility index (Phi) is 4.28. The SMILES string of the molecule is CC(C)(C)c1c[nH]c(=S)n1CCOC1CCCC1. The van der Waals surface area contributed by atoms with Gasteiger partial charge in [0, 0.05) is 23.9 Å². The van der Waals surface area contributed by atoms with Gasteiger partial charge < -0.3 is 14.3 Å². The average molecular weight is 268 g/mol. The molecule has 2 rings (SSSR count). The monoisotopic (exact) mass is 268 g/mol. The van der Waals surface area contributed by atoms with Gasteiger partial charge in [0.15, 0.2) is 4.77 Å². The minimum atomic E-state index is 0.112. The predicted molar refractivity (Wildman–Crippen MR) is 76.5 cm³/mol. The summed E-state index contributed by atoms with van der Waals surface area (Å²) in [6.45, 7) is 8.24. The van der Waals surface area contributed by atoms with E-state index in [0.29, 0.717) is 6.10 Å². The lowest BCUT2D eigenvalue weighted by Crippen LogP contribution is -2.20. The highest BCUT2D eigenvalue weighted by atomic mass is 32.1. The van der Waals surface area contributed by atoms with E-state index in [-0.39, 0.29) is 5.41 Å². The van der Waals surface area contributed by atoms with Crippen molar-refractivity contribution in [3.63, 3.8) is 0 Å². The van der Waals surface area contributed by atoms with Crippen LogP contribution in [0.1, 0.15) is 52.1 Å². The van der Waals surface area contributed by atoms with Gasteiger partial charge in [-0.3, -0.25) is 0 Å². The quantitative estimate of drug-likeness (QED) is 0.842. The highest BCUT2D eigenvalue weighted by Gasteiger charge is 2.20. The van der Waals surface area contributed by atoms with Crippen molar-refractivity contribution in [3.8, 4) is 0 Å². The van der Waals surface area contributed by atoms with Crippen molar-refractivity contribution in [2.45, 2.75) is 64.5 Å². The zero-order valence-electron chi connectivity index (χ0n) is 11.7. The maximum Gasteiger partial charge on any atom is 0.177 e. The molecule has 1 aromatic heterocycles. The van der Waals surface area contributed by atoms with Gasteiger partial charge >= 0.3 is 0 Å². The Balaban J connectivity index is 1.96.